The molecule has 0 radical (unpaired) electrons. The minimum atomic E-state index is -0.154. The Labute approximate surface area is 272 Å². The van der Waals surface area contributed by atoms with E-state index in [-0.39, 0.29) is 59.5 Å². The predicted octanol–water partition coefficient (Wildman–Crippen LogP) is -0.501. The van der Waals surface area contributed by atoms with Crippen LogP contribution in [0.5, 0.6) is 0 Å². The first-order valence-corrected chi connectivity index (χ1v) is 15.5. The zero-order chi connectivity index (χ0) is 26.1. The number of fused-ring (bicyclic) bond motifs is 5. The quantitative estimate of drug-likeness (QED) is 0.332. The Hall–Kier alpha value is 0.520. The molecule has 1 aromatic carbocycles. The van der Waals surface area contributed by atoms with Crippen LogP contribution >= 0.6 is 0 Å². The molecule has 0 bridgehead atoms. The van der Waals surface area contributed by atoms with Gasteiger partial charge in [-0.2, -0.15) is 0 Å². The number of benzene rings is 1. The number of halogens is 2. The van der Waals surface area contributed by atoms with E-state index in [2.05, 4.69) is 65.3 Å². The van der Waals surface area contributed by atoms with E-state index in [1.807, 2.05) is 0 Å². The van der Waals surface area contributed by atoms with Crippen molar-refractivity contribution in [3.05, 3.63) is 35.9 Å². The van der Waals surface area contributed by atoms with Crippen LogP contribution in [-0.4, -0.2) is 79.7 Å². The van der Waals surface area contributed by atoms with E-state index in [4.69, 9.17) is 4.74 Å². The number of aliphatic hydroxyl groups is 1. The summed E-state index contributed by atoms with van der Waals surface area (Å²) in [6.07, 6.45) is 10.6. The second kappa shape index (κ2) is 11.9. The zero-order valence-electron chi connectivity index (χ0n) is 25.1. The van der Waals surface area contributed by atoms with E-state index < -0.39 is 0 Å². The second-order valence-electron chi connectivity index (χ2n) is 15.3. The fourth-order valence-electron chi connectivity index (χ4n) is 10.7. The summed E-state index contributed by atoms with van der Waals surface area (Å²) < 4.78 is 7.88. The Balaban J connectivity index is 0.00000176. The first-order chi connectivity index (χ1) is 17.6. The number of quaternary nitrogens is 2. The SMILES string of the molecule is C[C@]12CC[C@H]([N+](C)(C)Cc3ccccc3)C[C@@H]1CC[C@@H]1[C@@H]2CC[C@]2(C)[C@@H](O)[C@@H]([N+]3(C)CCOCC3)C[C@@H]12.[I-].[I-]. The van der Waals surface area contributed by atoms with Gasteiger partial charge in [-0.25, -0.2) is 0 Å². The molecule has 0 amide bonds. The van der Waals surface area contributed by atoms with Crippen LogP contribution in [0.25, 0.3) is 0 Å². The highest BCUT2D eigenvalue weighted by Gasteiger charge is 2.65. The molecule has 1 aliphatic heterocycles. The summed E-state index contributed by atoms with van der Waals surface area (Å²) in [6, 6.07) is 12.3. The smallest absolute Gasteiger partial charge is 0.116 e. The molecule has 9 atom stereocenters. The van der Waals surface area contributed by atoms with Crippen molar-refractivity contribution < 1.29 is 66.8 Å². The Bertz CT molecular complexity index is 970. The van der Waals surface area contributed by atoms with Gasteiger partial charge in [-0.3, -0.25) is 0 Å². The van der Waals surface area contributed by atoms with Crippen molar-refractivity contribution in [3.63, 3.8) is 0 Å². The Morgan fingerprint density at radius 3 is 2.26 bits per heavy atom. The van der Waals surface area contributed by atoms with E-state index in [1.165, 1.54) is 56.9 Å². The maximum atomic E-state index is 11.8. The lowest BCUT2D eigenvalue weighted by Crippen LogP contribution is -3.00. The number of hydrogen-bond donors (Lipinski definition) is 1. The first-order valence-electron chi connectivity index (χ1n) is 15.5. The molecule has 1 N–H and O–H groups in total. The minimum Gasteiger partial charge on any atom is -1.00 e. The van der Waals surface area contributed by atoms with E-state index in [0.29, 0.717) is 17.4 Å². The molecule has 0 aromatic heterocycles. The summed E-state index contributed by atoms with van der Waals surface area (Å²) in [5, 5.41) is 11.8. The molecule has 1 aromatic rings. The molecule has 6 heteroatoms. The van der Waals surface area contributed by atoms with Crippen molar-refractivity contribution in [2.75, 3.05) is 47.4 Å². The standard InChI is InChI=1S/C33H54N2O2.2HI/c1-32-15-13-26(34(3,4)23-24-9-7-6-8-10-24)21-25(32)11-12-27-28(32)14-16-33(2)29(27)22-30(31(33)36)35(5)17-19-37-20-18-35;;/h6-10,25-31,36H,11-23H2,1-5H3;2*1H/q+2;;/p-2/t25-,26-,27+,28-,29-,30-,31-,32-,33-;;/m0../s1. The minimum absolute atomic E-state index is 0. The number of morpholine rings is 1. The van der Waals surface area contributed by atoms with Gasteiger partial charge in [-0.1, -0.05) is 44.2 Å². The molecule has 4 aliphatic carbocycles. The molecule has 1 heterocycles. The number of hydrogen-bond acceptors (Lipinski definition) is 2. The normalized spacial score (nSPS) is 43.2. The molecular formula is C33H54I2N2O2. The monoisotopic (exact) mass is 764 g/mol. The van der Waals surface area contributed by atoms with Crippen LogP contribution in [0.3, 0.4) is 0 Å². The van der Waals surface area contributed by atoms with Gasteiger partial charge < -0.3 is 66.8 Å². The Morgan fingerprint density at radius 2 is 1.56 bits per heavy atom. The molecule has 1 saturated heterocycles. The fourth-order valence-corrected chi connectivity index (χ4v) is 10.7. The fraction of sp³-hybridized carbons (Fsp3) is 0.818. The highest BCUT2D eigenvalue weighted by atomic mass is 127. The van der Waals surface area contributed by atoms with Crippen LogP contribution < -0.4 is 48.0 Å². The molecule has 4 nitrogen and oxygen atoms in total. The molecule has 5 fully saturated rings. The van der Waals surface area contributed by atoms with Gasteiger partial charge in [-0.05, 0) is 67.6 Å². The number of nitrogens with zero attached hydrogens (tertiary/aromatic N) is 2. The molecule has 5 aliphatic rings. The van der Waals surface area contributed by atoms with Gasteiger partial charge in [0.25, 0.3) is 0 Å². The van der Waals surface area contributed by atoms with Crippen molar-refractivity contribution in [1.82, 2.24) is 0 Å². The van der Waals surface area contributed by atoms with Crippen LogP contribution in [0.4, 0.5) is 0 Å². The van der Waals surface area contributed by atoms with E-state index in [0.717, 1.165) is 65.6 Å². The van der Waals surface area contributed by atoms with Crippen molar-refractivity contribution >= 4 is 0 Å². The Morgan fingerprint density at radius 1 is 0.897 bits per heavy atom. The summed E-state index contributed by atoms with van der Waals surface area (Å²) in [4.78, 5) is 0. The molecule has 222 valence electrons. The van der Waals surface area contributed by atoms with Crippen LogP contribution in [0.1, 0.15) is 70.8 Å². The lowest BCUT2D eigenvalue weighted by molar-refractivity contribution is -0.943. The first kappa shape index (κ1) is 32.4. The third kappa shape index (κ3) is 5.51. The highest BCUT2D eigenvalue weighted by Crippen LogP contribution is 2.67. The number of ether oxygens (including phenoxy) is 1. The highest BCUT2D eigenvalue weighted by molar-refractivity contribution is 5.14. The largest absolute Gasteiger partial charge is 1.00 e. The predicted molar refractivity (Wildman–Crippen MR) is 150 cm³/mol. The van der Waals surface area contributed by atoms with Crippen molar-refractivity contribution in [1.29, 1.82) is 0 Å². The number of aliphatic hydroxyl groups excluding tert-OH is 1. The van der Waals surface area contributed by atoms with Crippen LogP contribution in [0.2, 0.25) is 0 Å². The molecule has 4 saturated carbocycles. The van der Waals surface area contributed by atoms with Gasteiger partial charge in [0.15, 0.2) is 0 Å². The van der Waals surface area contributed by atoms with E-state index in [9.17, 15) is 5.11 Å². The second-order valence-corrected chi connectivity index (χ2v) is 15.3. The lowest BCUT2D eigenvalue weighted by Gasteiger charge is -2.61. The number of rotatable bonds is 4. The number of likely N-dealkylation sites (N-methyl/N-ethyl adjacent to an activating group) is 1. The van der Waals surface area contributed by atoms with E-state index in [1.54, 1.807) is 0 Å². The molecule has 6 rings (SSSR count). The van der Waals surface area contributed by atoms with Crippen LogP contribution in [0.15, 0.2) is 30.3 Å². The zero-order valence-corrected chi connectivity index (χ0v) is 29.4. The molecule has 0 unspecified atom stereocenters. The van der Waals surface area contributed by atoms with Gasteiger partial charge in [0.2, 0.25) is 0 Å². The van der Waals surface area contributed by atoms with Crippen LogP contribution in [0, 0.1) is 34.5 Å². The topological polar surface area (TPSA) is 29.5 Å². The third-order valence-corrected chi connectivity index (χ3v) is 13.3. The molecular weight excluding hydrogens is 710 g/mol. The molecule has 0 spiro atoms. The van der Waals surface area contributed by atoms with Gasteiger partial charge >= 0.3 is 0 Å². The van der Waals surface area contributed by atoms with Crippen molar-refractivity contribution in [2.24, 2.45) is 34.5 Å². The lowest BCUT2D eigenvalue weighted by atomic mass is 9.45. The van der Waals surface area contributed by atoms with Gasteiger partial charge in [0.1, 0.15) is 31.8 Å². The summed E-state index contributed by atoms with van der Waals surface area (Å²) in [5.74, 6) is 3.24. The Kier molecular flexibility index (Phi) is 9.89. The van der Waals surface area contributed by atoms with Gasteiger partial charge in [-0.15, -0.1) is 0 Å². The third-order valence-electron chi connectivity index (χ3n) is 13.3. The summed E-state index contributed by atoms with van der Waals surface area (Å²) in [5.41, 5.74) is 2.08. The average molecular weight is 765 g/mol. The van der Waals surface area contributed by atoms with E-state index >= 15 is 0 Å². The summed E-state index contributed by atoms with van der Waals surface area (Å²) in [6.45, 7) is 10.2. The van der Waals surface area contributed by atoms with Crippen LogP contribution in [-0.2, 0) is 11.3 Å². The molecule has 39 heavy (non-hydrogen) atoms. The average Bonchev–Trinajstić information content (AvgIpc) is 3.15. The van der Waals surface area contributed by atoms with Crippen molar-refractivity contribution in [2.45, 2.75) is 89.9 Å². The maximum absolute atomic E-state index is 11.8. The van der Waals surface area contributed by atoms with Crippen molar-refractivity contribution in [3.8, 4) is 0 Å². The summed E-state index contributed by atoms with van der Waals surface area (Å²) >= 11 is 0. The van der Waals surface area contributed by atoms with Gasteiger partial charge in [0.05, 0.1) is 40.4 Å². The maximum Gasteiger partial charge on any atom is 0.116 e. The van der Waals surface area contributed by atoms with Gasteiger partial charge in [0, 0.05) is 23.8 Å². The summed E-state index contributed by atoms with van der Waals surface area (Å²) in [7, 11) is 7.36.